The fourth-order valence-electron chi connectivity index (χ4n) is 3.79. The number of carbonyl (C=O) groups excluding carboxylic acids is 1. The number of cyclic esters (lactones) is 1. The lowest BCUT2D eigenvalue weighted by molar-refractivity contribution is -0.386. The molecule has 2 saturated carbocycles. The van der Waals surface area contributed by atoms with Crippen LogP contribution in [0.25, 0.3) is 0 Å². The standard InChI is InChI=1S/C15H24O3/c1-13(2,3)14(4)17-12(16)11-9-10-7-5-6-8-15(10,11)18-14/h10-11H,5-9H2,1-4H3/t10-,11-,14-,15-/m1/s1. The number of hydrogen-bond donors (Lipinski definition) is 0. The van der Waals surface area contributed by atoms with Crippen molar-refractivity contribution in [2.75, 3.05) is 0 Å². The molecule has 0 aromatic carbocycles. The second-order valence-corrected chi connectivity index (χ2v) is 7.40. The van der Waals surface area contributed by atoms with E-state index in [1.54, 1.807) is 0 Å². The monoisotopic (exact) mass is 252 g/mol. The summed E-state index contributed by atoms with van der Waals surface area (Å²) in [5.41, 5.74) is -0.393. The first-order valence-electron chi connectivity index (χ1n) is 7.21. The maximum atomic E-state index is 12.3. The van der Waals surface area contributed by atoms with E-state index in [1.807, 2.05) is 6.92 Å². The van der Waals surface area contributed by atoms with E-state index in [1.165, 1.54) is 19.3 Å². The van der Waals surface area contributed by atoms with Crippen molar-refractivity contribution in [3.63, 3.8) is 0 Å². The lowest BCUT2D eigenvalue weighted by Crippen LogP contribution is -2.71. The molecular formula is C15H24O3. The molecule has 3 aliphatic rings. The van der Waals surface area contributed by atoms with Crippen LogP contribution in [0.1, 0.15) is 59.8 Å². The molecule has 0 aromatic rings. The van der Waals surface area contributed by atoms with Gasteiger partial charge in [0.1, 0.15) is 0 Å². The van der Waals surface area contributed by atoms with Crippen molar-refractivity contribution < 1.29 is 14.3 Å². The summed E-state index contributed by atoms with van der Waals surface area (Å²) in [5, 5.41) is 0. The maximum absolute atomic E-state index is 12.3. The predicted octanol–water partition coefficient (Wildman–Crippen LogP) is 3.27. The number of hydrogen-bond acceptors (Lipinski definition) is 3. The van der Waals surface area contributed by atoms with Crippen LogP contribution in [0.4, 0.5) is 0 Å². The van der Waals surface area contributed by atoms with E-state index in [4.69, 9.17) is 9.47 Å². The smallest absolute Gasteiger partial charge is 0.314 e. The van der Waals surface area contributed by atoms with Crippen LogP contribution in [0.15, 0.2) is 0 Å². The number of carbonyl (C=O) groups is 1. The number of ether oxygens (including phenoxy) is 2. The van der Waals surface area contributed by atoms with Gasteiger partial charge in [0.15, 0.2) is 0 Å². The Balaban J connectivity index is 1.94. The van der Waals surface area contributed by atoms with E-state index < -0.39 is 5.79 Å². The second kappa shape index (κ2) is 3.50. The van der Waals surface area contributed by atoms with Crippen LogP contribution in [0, 0.1) is 17.3 Å². The van der Waals surface area contributed by atoms with Gasteiger partial charge >= 0.3 is 5.97 Å². The summed E-state index contributed by atoms with van der Waals surface area (Å²) in [5.74, 6) is -0.239. The topological polar surface area (TPSA) is 35.5 Å². The SMILES string of the molecule is CC(C)(C)[C@]1(C)OC(=O)[C@H]2C[C@H]3CCCC[C@@]32O1. The predicted molar refractivity (Wildman–Crippen MR) is 67.8 cm³/mol. The Morgan fingerprint density at radius 1 is 1.28 bits per heavy atom. The van der Waals surface area contributed by atoms with E-state index in [9.17, 15) is 4.79 Å². The van der Waals surface area contributed by atoms with Crippen molar-refractivity contribution in [3.8, 4) is 0 Å². The molecule has 0 aromatic heterocycles. The Hall–Kier alpha value is -0.570. The summed E-state index contributed by atoms with van der Waals surface area (Å²) >= 11 is 0. The van der Waals surface area contributed by atoms with Gasteiger partial charge in [0.25, 0.3) is 0 Å². The van der Waals surface area contributed by atoms with Gasteiger partial charge in [-0.2, -0.15) is 0 Å². The molecule has 1 spiro atoms. The minimum atomic E-state index is -0.781. The van der Waals surface area contributed by atoms with E-state index in [2.05, 4.69) is 20.8 Å². The number of esters is 1. The van der Waals surface area contributed by atoms with Gasteiger partial charge in [0.2, 0.25) is 5.79 Å². The molecule has 2 aliphatic carbocycles. The minimum Gasteiger partial charge on any atom is -0.432 e. The largest absolute Gasteiger partial charge is 0.432 e. The summed E-state index contributed by atoms with van der Waals surface area (Å²) in [6, 6.07) is 0. The third-order valence-electron chi connectivity index (χ3n) is 5.50. The fourth-order valence-corrected chi connectivity index (χ4v) is 3.79. The van der Waals surface area contributed by atoms with Crippen molar-refractivity contribution in [1.82, 2.24) is 0 Å². The molecular weight excluding hydrogens is 228 g/mol. The fraction of sp³-hybridized carbons (Fsp3) is 0.933. The van der Waals surface area contributed by atoms with E-state index in [0.29, 0.717) is 5.92 Å². The van der Waals surface area contributed by atoms with Gasteiger partial charge in [0.05, 0.1) is 11.5 Å². The highest BCUT2D eigenvalue weighted by atomic mass is 16.7. The van der Waals surface area contributed by atoms with Gasteiger partial charge in [-0.25, -0.2) is 0 Å². The quantitative estimate of drug-likeness (QED) is 0.621. The van der Waals surface area contributed by atoms with E-state index >= 15 is 0 Å². The summed E-state index contributed by atoms with van der Waals surface area (Å²) in [7, 11) is 0. The molecule has 18 heavy (non-hydrogen) atoms. The lowest BCUT2D eigenvalue weighted by Gasteiger charge is -2.64. The van der Waals surface area contributed by atoms with Crippen molar-refractivity contribution >= 4 is 5.97 Å². The van der Waals surface area contributed by atoms with Crippen LogP contribution in [0.3, 0.4) is 0 Å². The Bertz CT molecular complexity index is 384. The third-order valence-corrected chi connectivity index (χ3v) is 5.50. The first-order valence-corrected chi connectivity index (χ1v) is 7.21. The lowest BCUT2D eigenvalue weighted by atomic mass is 9.54. The Morgan fingerprint density at radius 2 is 2.00 bits per heavy atom. The Morgan fingerprint density at radius 3 is 2.61 bits per heavy atom. The molecule has 102 valence electrons. The molecule has 0 N–H and O–H groups in total. The third kappa shape index (κ3) is 1.43. The van der Waals surface area contributed by atoms with Gasteiger partial charge in [-0.15, -0.1) is 0 Å². The van der Waals surface area contributed by atoms with Gasteiger partial charge in [0, 0.05) is 12.3 Å². The number of rotatable bonds is 0. The molecule has 0 bridgehead atoms. The maximum Gasteiger partial charge on any atom is 0.314 e. The molecule has 1 heterocycles. The van der Waals surface area contributed by atoms with E-state index in [0.717, 1.165) is 12.8 Å². The summed E-state index contributed by atoms with van der Waals surface area (Å²) in [4.78, 5) is 12.3. The minimum absolute atomic E-state index is 0.00164. The first kappa shape index (κ1) is 12.5. The molecule has 3 nitrogen and oxygen atoms in total. The highest BCUT2D eigenvalue weighted by Crippen LogP contribution is 2.61. The molecule has 0 radical (unpaired) electrons. The molecule has 0 unspecified atom stereocenters. The zero-order chi connectivity index (χ0) is 13.2. The summed E-state index contributed by atoms with van der Waals surface area (Å²) in [6.07, 6.45) is 5.68. The Kier molecular flexibility index (Phi) is 2.42. The molecule has 3 heteroatoms. The zero-order valence-electron chi connectivity index (χ0n) is 11.9. The highest BCUT2D eigenvalue weighted by molar-refractivity contribution is 5.77. The summed E-state index contributed by atoms with van der Waals surface area (Å²) in [6.45, 7) is 8.16. The van der Waals surface area contributed by atoms with Crippen LogP contribution >= 0.6 is 0 Å². The van der Waals surface area contributed by atoms with Crippen LogP contribution in [0.2, 0.25) is 0 Å². The average molecular weight is 252 g/mol. The van der Waals surface area contributed by atoms with Crippen molar-refractivity contribution in [1.29, 1.82) is 0 Å². The average Bonchev–Trinajstić information content (AvgIpc) is 2.19. The van der Waals surface area contributed by atoms with Crippen molar-refractivity contribution in [2.45, 2.75) is 71.2 Å². The van der Waals surface area contributed by atoms with Crippen LogP contribution in [0.5, 0.6) is 0 Å². The normalized spacial score (nSPS) is 47.7. The molecule has 1 saturated heterocycles. The van der Waals surface area contributed by atoms with Gasteiger partial charge in [-0.1, -0.05) is 33.6 Å². The van der Waals surface area contributed by atoms with Crippen molar-refractivity contribution in [3.05, 3.63) is 0 Å². The highest BCUT2D eigenvalue weighted by Gasteiger charge is 2.67. The van der Waals surface area contributed by atoms with Crippen LogP contribution in [-0.4, -0.2) is 17.4 Å². The van der Waals surface area contributed by atoms with E-state index in [-0.39, 0.29) is 22.9 Å². The Labute approximate surface area is 109 Å². The molecule has 3 fully saturated rings. The first-order chi connectivity index (χ1) is 8.29. The van der Waals surface area contributed by atoms with Gasteiger partial charge in [-0.3, -0.25) is 4.79 Å². The molecule has 1 aliphatic heterocycles. The summed E-state index contributed by atoms with van der Waals surface area (Å²) < 4.78 is 12.1. The molecule has 0 amide bonds. The van der Waals surface area contributed by atoms with Gasteiger partial charge < -0.3 is 9.47 Å². The zero-order valence-corrected chi connectivity index (χ0v) is 11.9. The van der Waals surface area contributed by atoms with Gasteiger partial charge in [-0.05, 0) is 25.2 Å². The van der Waals surface area contributed by atoms with Crippen LogP contribution < -0.4 is 0 Å². The molecule has 4 atom stereocenters. The van der Waals surface area contributed by atoms with Crippen LogP contribution in [-0.2, 0) is 14.3 Å². The van der Waals surface area contributed by atoms with Crippen molar-refractivity contribution in [2.24, 2.45) is 17.3 Å². The second-order valence-electron chi connectivity index (χ2n) is 7.40. The molecule has 3 rings (SSSR count).